The molecule has 0 bridgehead atoms. The van der Waals surface area contributed by atoms with Gasteiger partial charge < -0.3 is 15.2 Å². The molecular weight excluding hydrogens is 238 g/mol. The van der Waals surface area contributed by atoms with Gasteiger partial charge in [0.2, 0.25) is 0 Å². The molecule has 1 heterocycles. The number of aliphatic hydroxyl groups is 1. The van der Waals surface area contributed by atoms with Crippen LogP contribution in [0.25, 0.3) is 0 Å². The van der Waals surface area contributed by atoms with E-state index in [0.717, 1.165) is 19.4 Å². The molecule has 1 spiro atoms. The molecule has 19 heavy (non-hydrogen) atoms. The zero-order valence-corrected chi connectivity index (χ0v) is 12.7. The lowest BCUT2D eigenvalue weighted by molar-refractivity contribution is -0.0752. The lowest BCUT2D eigenvalue weighted by Crippen LogP contribution is -2.34. The Hall–Kier alpha value is -0.120. The summed E-state index contributed by atoms with van der Waals surface area (Å²) in [6.45, 7) is 6.05. The van der Waals surface area contributed by atoms with Crippen LogP contribution >= 0.6 is 0 Å². The minimum absolute atomic E-state index is 0.188. The molecule has 0 amide bonds. The van der Waals surface area contributed by atoms with E-state index in [9.17, 15) is 5.11 Å². The summed E-state index contributed by atoms with van der Waals surface area (Å²) < 4.78 is 6.30. The molecule has 2 N–H and O–H groups in total. The molecule has 0 aromatic heterocycles. The van der Waals surface area contributed by atoms with E-state index in [1.807, 2.05) is 0 Å². The second-order valence-electron chi connectivity index (χ2n) is 6.96. The standard InChI is InChI=1S/C16H31NO2/c1-13(2)11-17-12-14(18)10-15-6-9-16(19-15)7-4-3-5-8-16/h13-15,17-18H,3-12H2,1-2H3. The predicted molar refractivity (Wildman–Crippen MR) is 78.3 cm³/mol. The molecule has 112 valence electrons. The number of rotatable bonds is 6. The minimum atomic E-state index is -0.262. The summed E-state index contributed by atoms with van der Waals surface area (Å²) in [5.74, 6) is 0.639. The van der Waals surface area contributed by atoms with E-state index < -0.39 is 0 Å². The van der Waals surface area contributed by atoms with Gasteiger partial charge in [-0.15, -0.1) is 0 Å². The largest absolute Gasteiger partial charge is 0.392 e. The van der Waals surface area contributed by atoms with Crippen LogP contribution < -0.4 is 5.32 Å². The van der Waals surface area contributed by atoms with E-state index in [-0.39, 0.29) is 17.8 Å². The first-order valence-corrected chi connectivity index (χ1v) is 8.16. The Morgan fingerprint density at radius 3 is 2.58 bits per heavy atom. The van der Waals surface area contributed by atoms with Crippen LogP contribution in [0, 0.1) is 5.92 Å². The summed E-state index contributed by atoms with van der Waals surface area (Å²) in [6, 6.07) is 0. The molecule has 0 radical (unpaired) electrons. The maximum atomic E-state index is 10.1. The van der Waals surface area contributed by atoms with Crippen molar-refractivity contribution in [2.45, 2.75) is 83.0 Å². The maximum Gasteiger partial charge on any atom is 0.0689 e. The summed E-state index contributed by atoms with van der Waals surface area (Å²) in [7, 11) is 0. The summed E-state index contributed by atoms with van der Waals surface area (Å²) in [5, 5.41) is 13.4. The third-order valence-corrected chi connectivity index (χ3v) is 4.57. The Morgan fingerprint density at radius 2 is 1.89 bits per heavy atom. The molecular formula is C16H31NO2. The van der Waals surface area contributed by atoms with Crippen LogP contribution in [0.3, 0.4) is 0 Å². The number of nitrogens with one attached hydrogen (secondary N) is 1. The molecule has 0 aromatic rings. The van der Waals surface area contributed by atoms with Crippen LogP contribution in [0.4, 0.5) is 0 Å². The summed E-state index contributed by atoms with van der Waals surface area (Å²) >= 11 is 0. The number of aliphatic hydroxyl groups excluding tert-OH is 1. The SMILES string of the molecule is CC(C)CNCC(O)CC1CCC2(CCCCC2)O1. The molecule has 2 unspecified atom stereocenters. The van der Waals surface area contributed by atoms with Crippen molar-refractivity contribution in [1.29, 1.82) is 0 Å². The summed E-state index contributed by atoms with van der Waals surface area (Å²) in [4.78, 5) is 0. The van der Waals surface area contributed by atoms with Gasteiger partial charge in [0.1, 0.15) is 0 Å². The molecule has 1 aliphatic carbocycles. The smallest absolute Gasteiger partial charge is 0.0689 e. The predicted octanol–water partition coefficient (Wildman–Crippen LogP) is 2.86. The molecule has 2 aliphatic rings. The number of hydrogen-bond acceptors (Lipinski definition) is 3. The van der Waals surface area contributed by atoms with Gasteiger partial charge in [0, 0.05) is 13.0 Å². The number of hydrogen-bond donors (Lipinski definition) is 2. The van der Waals surface area contributed by atoms with Crippen LogP contribution in [0.5, 0.6) is 0 Å². The van der Waals surface area contributed by atoms with Crippen LogP contribution in [0.15, 0.2) is 0 Å². The van der Waals surface area contributed by atoms with Crippen molar-refractivity contribution in [3.05, 3.63) is 0 Å². The molecule has 2 fully saturated rings. The quantitative estimate of drug-likeness (QED) is 0.779. The average Bonchev–Trinajstić information content (AvgIpc) is 2.72. The maximum absolute atomic E-state index is 10.1. The van der Waals surface area contributed by atoms with Crippen LogP contribution in [0.2, 0.25) is 0 Å². The highest BCUT2D eigenvalue weighted by molar-refractivity contribution is 4.91. The molecule has 3 nitrogen and oxygen atoms in total. The molecule has 2 atom stereocenters. The van der Waals surface area contributed by atoms with Crippen LogP contribution in [0.1, 0.15) is 65.2 Å². The molecule has 1 saturated heterocycles. The van der Waals surface area contributed by atoms with Gasteiger partial charge in [0.25, 0.3) is 0 Å². The Labute approximate surface area is 118 Å². The van der Waals surface area contributed by atoms with Crippen molar-refractivity contribution in [1.82, 2.24) is 5.32 Å². The first kappa shape index (κ1) is 15.3. The van der Waals surface area contributed by atoms with E-state index in [0.29, 0.717) is 12.5 Å². The highest BCUT2D eigenvalue weighted by Gasteiger charge is 2.41. The summed E-state index contributed by atoms with van der Waals surface area (Å²) in [5.41, 5.74) is 0.188. The van der Waals surface area contributed by atoms with Crippen molar-refractivity contribution in [3.63, 3.8) is 0 Å². The monoisotopic (exact) mass is 269 g/mol. The van der Waals surface area contributed by atoms with E-state index >= 15 is 0 Å². The first-order chi connectivity index (χ1) is 9.10. The zero-order valence-electron chi connectivity index (χ0n) is 12.7. The highest BCUT2D eigenvalue weighted by Crippen LogP contribution is 2.42. The fourth-order valence-corrected chi connectivity index (χ4v) is 3.55. The molecule has 2 rings (SSSR count). The second-order valence-corrected chi connectivity index (χ2v) is 6.96. The van der Waals surface area contributed by atoms with Crippen molar-refractivity contribution in [2.75, 3.05) is 13.1 Å². The van der Waals surface area contributed by atoms with Crippen molar-refractivity contribution < 1.29 is 9.84 Å². The van der Waals surface area contributed by atoms with Gasteiger partial charge in [0.05, 0.1) is 17.8 Å². The molecule has 3 heteroatoms. The summed E-state index contributed by atoms with van der Waals surface area (Å²) in [6.07, 6.45) is 9.68. The van der Waals surface area contributed by atoms with Crippen molar-refractivity contribution >= 4 is 0 Å². The topological polar surface area (TPSA) is 41.5 Å². The van der Waals surface area contributed by atoms with Gasteiger partial charge in [0.15, 0.2) is 0 Å². The van der Waals surface area contributed by atoms with Crippen molar-refractivity contribution in [2.24, 2.45) is 5.92 Å². The molecule has 1 saturated carbocycles. The van der Waals surface area contributed by atoms with Crippen molar-refractivity contribution in [3.8, 4) is 0 Å². The third-order valence-electron chi connectivity index (χ3n) is 4.57. The zero-order chi connectivity index (χ0) is 13.7. The van der Waals surface area contributed by atoms with Gasteiger partial charge in [-0.1, -0.05) is 33.1 Å². The Kier molecular flexibility index (Phi) is 5.67. The third kappa shape index (κ3) is 4.73. The Balaban J connectivity index is 1.66. The Bertz CT molecular complexity index is 261. The van der Waals surface area contributed by atoms with Crippen LogP contribution in [-0.4, -0.2) is 36.0 Å². The van der Waals surface area contributed by atoms with E-state index in [4.69, 9.17) is 4.74 Å². The highest BCUT2D eigenvalue weighted by atomic mass is 16.5. The normalized spacial score (nSPS) is 28.1. The van der Waals surface area contributed by atoms with E-state index in [2.05, 4.69) is 19.2 Å². The van der Waals surface area contributed by atoms with Gasteiger partial charge in [-0.05, 0) is 38.1 Å². The lowest BCUT2D eigenvalue weighted by atomic mass is 9.83. The lowest BCUT2D eigenvalue weighted by Gasteiger charge is -2.33. The van der Waals surface area contributed by atoms with Gasteiger partial charge >= 0.3 is 0 Å². The first-order valence-electron chi connectivity index (χ1n) is 8.16. The molecule has 0 aromatic carbocycles. The fourth-order valence-electron chi connectivity index (χ4n) is 3.55. The van der Waals surface area contributed by atoms with E-state index in [1.165, 1.54) is 38.5 Å². The average molecular weight is 269 g/mol. The minimum Gasteiger partial charge on any atom is -0.392 e. The number of ether oxygens (including phenoxy) is 1. The van der Waals surface area contributed by atoms with Gasteiger partial charge in [-0.2, -0.15) is 0 Å². The second kappa shape index (κ2) is 7.05. The Morgan fingerprint density at radius 1 is 1.16 bits per heavy atom. The van der Waals surface area contributed by atoms with Gasteiger partial charge in [-0.3, -0.25) is 0 Å². The fraction of sp³-hybridized carbons (Fsp3) is 1.00. The molecule has 1 aliphatic heterocycles. The van der Waals surface area contributed by atoms with E-state index in [1.54, 1.807) is 0 Å². The van der Waals surface area contributed by atoms with Crippen LogP contribution in [-0.2, 0) is 4.74 Å². The van der Waals surface area contributed by atoms with Gasteiger partial charge in [-0.25, -0.2) is 0 Å².